The molecule has 3 N–H and O–H groups in total. The van der Waals surface area contributed by atoms with Gasteiger partial charge < -0.3 is 19.4 Å². The zero-order valence-corrected chi connectivity index (χ0v) is 20.2. The molecule has 0 rings (SSSR count). The van der Waals surface area contributed by atoms with Gasteiger partial charge in [-0.1, -0.05) is 63.3 Å². The van der Waals surface area contributed by atoms with Crippen LogP contribution in [0.4, 0.5) is 0 Å². The Balaban J connectivity index is 3.85. The van der Waals surface area contributed by atoms with E-state index in [1.54, 1.807) is 0 Å². The fourth-order valence-corrected chi connectivity index (χ4v) is 4.50. The van der Waals surface area contributed by atoms with Gasteiger partial charge in [-0.3, -0.25) is 4.57 Å². The van der Waals surface area contributed by atoms with E-state index in [4.69, 9.17) is 0 Å². The molecular weight excluding hydrogens is 385 g/mol. The van der Waals surface area contributed by atoms with E-state index in [9.17, 15) is 19.5 Å². The molecule has 0 aromatic heterocycles. The van der Waals surface area contributed by atoms with Crippen LogP contribution in [0.15, 0.2) is 24.3 Å². The second-order valence-corrected chi connectivity index (χ2v) is 11.2. The maximum absolute atomic E-state index is 11.7. The van der Waals surface area contributed by atoms with Crippen LogP contribution >= 0.6 is 7.60 Å². The van der Waals surface area contributed by atoms with Gasteiger partial charge >= 0.3 is 7.60 Å². The SMILES string of the molecule is CCCCCCCC/C=C\CCC/C=C\CCCC(O)(C[N+](C)(C)C)P(=O)(O)O. The Bertz CT molecular complexity index is 507. The highest BCUT2D eigenvalue weighted by Gasteiger charge is 2.48. The number of aliphatic hydroxyl groups is 1. The summed E-state index contributed by atoms with van der Waals surface area (Å²) in [5, 5.41) is 8.54. The molecule has 0 aliphatic carbocycles. The van der Waals surface area contributed by atoms with Gasteiger partial charge in [-0.15, -0.1) is 0 Å². The summed E-state index contributed by atoms with van der Waals surface area (Å²) in [5.41, 5.74) is 0. The zero-order valence-electron chi connectivity index (χ0n) is 19.4. The van der Waals surface area contributed by atoms with Gasteiger partial charge in [0.15, 0.2) is 0 Å². The molecule has 0 radical (unpaired) electrons. The van der Waals surface area contributed by atoms with Crippen molar-refractivity contribution in [2.45, 2.75) is 95.7 Å². The van der Waals surface area contributed by atoms with Crippen molar-refractivity contribution in [3.8, 4) is 0 Å². The molecule has 5 nitrogen and oxygen atoms in total. The van der Waals surface area contributed by atoms with Crippen molar-refractivity contribution in [1.29, 1.82) is 0 Å². The number of hydrogen-bond acceptors (Lipinski definition) is 2. The molecule has 29 heavy (non-hydrogen) atoms. The van der Waals surface area contributed by atoms with Crippen molar-refractivity contribution in [2.24, 2.45) is 0 Å². The first-order chi connectivity index (χ1) is 13.5. The maximum atomic E-state index is 11.7. The van der Waals surface area contributed by atoms with Crippen LogP contribution in [0.3, 0.4) is 0 Å². The Hall–Kier alpha value is -0.450. The number of nitrogens with zero attached hydrogens (tertiary/aromatic N) is 1. The molecule has 0 bridgehead atoms. The van der Waals surface area contributed by atoms with Gasteiger partial charge in [0, 0.05) is 0 Å². The van der Waals surface area contributed by atoms with E-state index in [1.165, 1.54) is 44.9 Å². The van der Waals surface area contributed by atoms with Gasteiger partial charge in [-0.2, -0.15) is 0 Å². The lowest BCUT2D eigenvalue weighted by atomic mass is 10.1. The maximum Gasteiger partial charge on any atom is 0.362 e. The fourth-order valence-electron chi connectivity index (χ4n) is 3.45. The molecule has 0 spiro atoms. The van der Waals surface area contributed by atoms with Gasteiger partial charge in [0.1, 0.15) is 6.54 Å². The van der Waals surface area contributed by atoms with Crippen molar-refractivity contribution in [3.05, 3.63) is 24.3 Å². The molecule has 172 valence electrons. The summed E-state index contributed by atoms with van der Waals surface area (Å²) in [6.07, 6.45) is 22.7. The molecule has 0 aromatic rings. The quantitative estimate of drug-likeness (QED) is 0.111. The highest BCUT2D eigenvalue weighted by atomic mass is 31.2. The number of rotatable bonds is 18. The molecule has 0 aliphatic rings. The van der Waals surface area contributed by atoms with Crippen LogP contribution in [-0.2, 0) is 4.57 Å². The van der Waals surface area contributed by atoms with E-state index >= 15 is 0 Å². The minimum Gasteiger partial charge on any atom is -0.373 e. The highest BCUT2D eigenvalue weighted by Crippen LogP contribution is 2.52. The van der Waals surface area contributed by atoms with E-state index in [0.29, 0.717) is 10.9 Å². The lowest BCUT2D eigenvalue weighted by molar-refractivity contribution is -0.875. The van der Waals surface area contributed by atoms with Crippen LogP contribution in [0, 0.1) is 0 Å². The summed E-state index contributed by atoms with van der Waals surface area (Å²) in [5.74, 6) is 0. The highest BCUT2D eigenvalue weighted by molar-refractivity contribution is 7.53. The molecule has 0 aromatic carbocycles. The largest absolute Gasteiger partial charge is 0.373 e. The van der Waals surface area contributed by atoms with Gasteiger partial charge in [0.2, 0.25) is 5.34 Å². The number of quaternary nitrogens is 1. The predicted molar refractivity (Wildman–Crippen MR) is 124 cm³/mol. The molecule has 1 unspecified atom stereocenters. The Kier molecular flexibility index (Phi) is 15.1. The normalized spacial score (nSPS) is 15.4. The third-order valence-corrected chi connectivity index (χ3v) is 6.47. The first-order valence-corrected chi connectivity index (χ1v) is 13.0. The monoisotopic (exact) mass is 432 g/mol. The summed E-state index contributed by atoms with van der Waals surface area (Å²) in [4.78, 5) is 19.1. The molecule has 1 atom stereocenters. The van der Waals surface area contributed by atoms with Crippen molar-refractivity contribution in [1.82, 2.24) is 0 Å². The summed E-state index contributed by atoms with van der Waals surface area (Å²) < 4.78 is 12.0. The number of hydrogen-bond donors (Lipinski definition) is 3. The van der Waals surface area contributed by atoms with Crippen molar-refractivity contribution >= 4 is 7.60 Å². The van der Waals surface area contributed by atoms with Crippen LogP contribution in [0.1, 0.15) is 90.4 Å². The summed E-state index contributed by atoms with van der Waals surface area (Å²) in [7, 11) is 0.900. The molecule has 0 amide bonds. The fraction of sp³-hybridized carbons (Fsp3) is 0.826. The third-order valence-electron chi connectivity index (χ3n) is 5.02. The molecule has 0 aliphatic heterocycles. The Morgan fingerprint density at radius 3 is 1.69 bits per heavy atom. The minimum atomic E-state index is -4.57. The lowest BCUT2D eigenvalue weighted by Gasteiger charge is -2.35. The standard InChI is InChI=1S/C23H46NO4P/c1-5-6-7-8-9-10-11-12-13-14-15-16-17-18-19-20-21-23(25,29(26,27)28)22-24(2,3)4/h12-13,17-18,25H,5-11,14-16,19-22H2,1-4H3,(H-,26,27,28)/p+1/b13-12-,18-17-. The zero-order chi connectivity index (χ0) is 22.2. The van der Waals surface area contributed by atoms with Gasteiger partial charge in [0.05, 0.1) is 21.1 Å². The second kappa shape index (κ2) is 15.4. The van der Waals surface area contributed by atoms with E-state index < -0.39 is 12.9 Å². The van der Waals surface area contributed by atoms with E-state index in [0.717, 1.165) is 25.7 Å². The van der Waals surface area contributed by atoms with Crippen molar-refractivity contribution in [2.75, 3.05) is 27.7 Å². The molecule has 0 saturated carbocycles. The van der Waals surface area contributed by atoms with E-state index in [1.807, 2.05) is 21.1 Å². The summed E-state index contributed by atoms with van der Waals surface area (Å²) in [6, 6.07) is 0. The lowest BCUT2D eigenvalue weighted by Crippen LogP contribution is -2.49. The summed E-state index contributed by atoms with van der Waals surface area (Å²) in [6.45, 7) is 2.28. The molecule has 0 heterocycles. The Labute approximate surface area is 179 Å². The second-order valence-electron chi connectivity index (χ2n) is 9.30. The molecule has 0 saturated heterocycles. The average molecular weight is 433 g/mol. The van der Waals surface area contributed by atoms with Crippen molar-refractivity contribution < 1.29 is 23.9 Å². The van der Waals surface area contributed by atoms with Crippen LogP contribution in [0.25, 0.3) is 0 Å². The number of likely N-dealkylation sites (N-methyl/N-ethyl adjacent to an activating group) is 1. The molecular formula is C23H47NO4P+. The first kappa shape index (κ1) is 28.5. The summed E-state index contributed by atoms with van der Waals surface area (Å²) >= 11 is 0. The Morgan fingerprint density at radius 2 is 1.21 bits per heavy atom. The van der Waals surface area contributed by atoms with Crippen LogP contribution in [0.2, 0.25) is 0 Å². The number of unbranched alkanes of at least 4 members (excludes halogenated alkanes) is 9. The Morgan fingerprint density at radius 1 is 0.759 bits per heavy atom. The van der Waals surface area contributed by atoms with E-state index in [-0.39, 0.29) is 13.0 Å². The minimum absolute atomic E-state index is 0.0338. The van der Waals surface area contributed by atoms with E-state index in [2.05, 4.69) is 31.2 Å². The third kappa shape index (κ3) is 16.0. The smallest absolute Gasteiger partial charge is 0.362 e. The van der Waals surface area contributed by atoms with Crippen molar-refractivity contribution in [3.63, 3.8) is 0 Å². The van der Waals surface area contributed by atoms with Crippen LogP contribution in [0.5, 0.6) is 0 Å². The van der Waals surface area contributed by atoms with Gasteiger partial charge in [-0.05, 0) is 51.4 Å². The molecule has 6 heteroatoms. The van der Waals surface area contributed by atoms with Gasteiger partial charge in [-0.25, -0.2) is 0 Å². The van der Waals surface area contributed by atoms with Gasteiger partial charge in [0.25, 0.3) is 0 Å². The van der Waals surface area contributed by atoms with Crippen LogP contribution in [-0.4, -0.2) is 52.4 Å². The topological polar surface area (TPSA) is 77.8 Å². The molecule has 0 fully saturated rings. The number of allylic oxidation sites excluding steroid dienone is 4. The van der Waals surface area contributed by atoms with Crippen LogP contribution < -0.4 is 0 Å². The first-order valence-electron chi connectivity index (χ1n) is 11.4. The predicted octanol–water partition coefficient (Wildman–Crippen LogP) is 5.76. The average Bonchev–Trinajstić information content (AvgIpc) is 2.59.